The predicted molar refractivity (Wildman–Crippen MR) is 84.8 cm³/mol. The zero-order valence-corrected chi connectivity index (χ0v) is 13.3. The molecule has 7 nitrogen and oxygen atoms in total. The van der Waals surface area contributed by atoms with Crippen molar-refractivity contribution in [2.24, 2.45) is 0 Å². The number of ether oxygens (including phenoxy) is 2. The third-order valence-corrected chi connectivity index (χ3v) is 3.50. The fourth-order valence-corrected chi connectivity index (χ4v) is 2.22. The summed E-state index contributed by atoms with van der Waals surface area (Å²) in [6.45, 7) is 2.43. The van der Waals surface area contributed by atoms with Crippen molar-refractivity contribution in [2.75, 3.05) is 25.8 Å². The molecule has 3 rings (SSSR count). The van der Waals surface area contributed by atoms with Crippen LogP contribution in [0.4, 0.5) is 5.95 Å². The molecule has 1 N–H and O–H groups in total. The molecular formula is C16H18N4O3. The van der Waals surface area contributed by atoms with Crippen LogP contribution in [0.5, 0.6) is 11.5 Å². The lowest BCUT2D eigenvalue weighted by molar-refractivity contribution is 0.0949. The van der Waals surface area contributed by atoms with Crippen molar-refractivity contribution in [3.05, 3.63) is 41.2 Å². The molecule has 1 aromatic heterocycles. The van der Waals surface area contributed by atoms with Gasteiger partial charge in [0.2, 0.25) is 12.7 Å². The monoisotopic (exact) mass is 314 g/mol. The number of benzene rings is 1. The Morgan fingerprint density at radius 3 is 2.83 bits per heavy atom. The van der Waals surface area contributed by atoms with E-state index in [0.717, 1.165) is 11.3 Å². The number of amides is 1. The molecule has 1 aliphatic rings. The number of fused-ring (bicyclic) bond motifs is 1. The highest BCUT2D eigenvalue weighted by Gasteiger charge is 2.15. The van der Waals surface area contributed by atoms with Crippen LogP contribution >= 0.6 is 0 Å². The number of carbonyl (C=O) groups is 1. The molecule has 0 saturated carbocycles. The van der Waals surface area contributed by atoms with Crippen molar-refractivity contribution >= 4 is 11.9 Å². The van der Waals surface area contributed by atoms with Gasteiger partial charge in [0.05, 0.1) is 11.3 Å². The van der Waals surface area contributed by atoms with Gasteiger partial charge in [-0.1, -0.05) is 6.07 Å². The van der Waals surface area contributed by atoms with Crippen LogP contribution in [0.25, 0.3) is 0 Å². The maximum absolute atomic E-state index is 12.3. The van der Waals surface area contributed by atoms with Gasteiger partial charge in [0.1, 0.15) is 0 Å². The summed E-state index contributed by atoms with van der Waals surface area (Å²) in [4.78, 5) is 22.6. The van der Waals surface area contributed by atoms with E-state index in [1.807, 2.05) is 32.3 Å². The summed E-state index contributed by atoms with van der Waals surface area (Å²) >= 11 is 0. The van der Waals surface area contributed by atoms with Crippen molar-refractivity contribution in [2.45, 2.75) is 13.5 Å². The van der Waals surface area contributed by atoms with E-state index in [-0.39, 0.29) is 12.7 Å². The van der Waals surface area contributed by atoms with E-state index >= 15 is 0 Å². The lowest BCUT2D eigenvalue weighted by Crippen LogP contribution is -2.25. The summed E-state index contributed by atoms with van der Waals surface area (Å²) in [5.41, 5.74) is 2.05. The fourth-order valence-electron chi connectivity index (χ4n) is 2.22. The number of hydrogen-bond acceptors (Lipinski definition) is 6. The molecule has 120 valence electrons. The van der Waals surface area contributed by atoms with Gasteiger partial charge in [-0.3, -0.25) is 4.79 Å². The maximum atomic E-state index is 12.3. The minimum absolute atomic E-state index is 0.203. The van der Waals surface area contributed by atoms with Crippen LogP contribution in [0.3, 0.4) is 0 Å². The predicted octanol–water partition coefficient (Wildman–Crippen LogP) is 1.51. The van der Waals surface area contributed by atoms with Crippen LogP contribution in [0, 0.1) is 6.92 Å². The quantitative estimate of drug-likeness (QED) is 0.922. The molecule has 7 heteroatoms. The molecule has 0 unspecified atom stereocenters. The summed E-state index contributed by atoms with van der Waals surface area (Å²) in [7, 11) is 3.71. The number of nitrogens with zero attached hydrogens (tertiary/aromatic N) is 3. The van der Waals surface area contributed by atoms with Crippen molar-refractivity contribution < 1.29 is 14.3 Å². The first-order valence-electron chi connectivity index (χ1n) is 7.22. The smallest absolute Gasteiger partial charge is 0.254 e. The molecule has 0 aliphatic carbocycles. The van der Waals surface area contributed by atoms with Gasteiger partial charge in [0.25, 0.3) is 5.91 Å². The van der Waals surface area contributed by atoms with E-state index in [4.69, 9.17) is 9.47 Å². The minimum atomic E-state index is -0.203. The van der Waals surface area contributed by atoms with Gasteiger partial charge in [0.15, 0.2) is 11.5 Å². The second-order valence-corrected chi connectivity index (χ2v) is 5.43. The standard InChI is InChI=1S/C16H18N4O3/c1-10-12(8-18-16(19-10)20(2)3)15(21)17-7-11-4-5-13-14(6-11)23-9-22-13/h4-6,8H,7,9H2,1-3H3,(H,17,21). The number of nitrogens with one attached hydrogen (secondary N) is 1. The van der Waals surface area contributed by atoms with Crippen LogP contribution in [0.1, 0.15) is 21.6 Å². The second-order valence-electron chi connectivity index (χ2n) is 5.43. The Morgan fingerprint density at radius 2 is 2.09 bits per heavy atom. The molecule has 1 amide bonds. The second kappa shape index (κ2) is 6.12. The number of carbonyl (C=O) groups excluding carboxylic acids is 1. The molecule has 2 heterocycles. The van der Waals surface area contributed by atoms with E-state index in [1.54, 1.807) is 18.0 Å². The van der Waals surface area contributed by atoms with Gasteiger partial charge in [-0.2, -0.15) is 0 Å². The average Bonchev–Trinajstić information content (AvgIpc) is 3.00. The Hall–Kier alpha value is -2.83. The van der Waals surface area contributed by atoms with Gasteiger partial charge < -0.3 is 19.7 Å². The van der Waals surface area contributed by atoms with Crippen LogP contribution in [-0.4, -0.2) is 36.8 Å². The van der Waals surface area contributed by atoms with Gasteiger partial charge in [0, 0.05) is 26.8 Å². The molecule has 0 saturated heterocycles. The molecule has 1 aliphatic heterocycles. The Bertz CT molecular complexity index is 746. The van der Waals surface area contributed by atoms with E-state index in [9.17, 15) is 4.79 Å². The first-order valence-corrected chi connectivity index (χ1v) is 7.22. The lowest BCUT2D eigenvalue weighted by atomic mass is 10.2. The zero-order chi connectivity index (χ0) is 16.4. The third-order valence-electron chi connectivity index (χ3n) is 3.50. The summed E-state index contributed by atoms with van der Waals surface area (Å²) in [6.07, 6.45) is 1.55. The lowest BCUT2D eigenvalue weighted by Gasteiger charge is -2.12. The molecular weight excluding hydrogens is 296 g/mol. The minimum Gasteiger partial charge on any atom is -0.454 e. The highest BCUT2D eigenvalue weighted by atomic mass is 16.7. The van der Waals surface area contributed by atoms with Gasteiger partial charge in [-0.25, -0.2) is 9.97 Å². The highest BCUT2D eigenvalue weighted by molar-refractivity contribution is 5.94. The van der Waals surface area contributed by atoms with E-state index in [2.05, 4.69) is 15.3 Å². The van der Waals surface area contributed by atoms with E-state index in [1.165, 1.54) is 0 Å². The maximum Gasteiger partial charge on any atom is 0.254 e. The summed E-state index contributed by atoms with van der Waals surface area (Å²) in [5, 5.41) is 2.87. The number of aryl methyl sites for hydroxylation is 1. The topological polar surface area (TPSA) is 76.6 Å². The molecule has 0 spiro atoms. The fraction of sp³-hybridized carbons (Fsp3) is 0.312. The van der Waals surface area contributed by atoms with Gasteiger partial charge in [-0.05, 0) is 24.6 Å². The Kier molecular flexibility index (Phi) is 4.01. The van der Waals surface area contributed by atoms with Crippen LogP contribution in [0.2, 0.25) is 0 Å². The highest BCUT2D eigenvalue weighted by Crippen LogP contribution is 2.32. The number of anilines is 1. The molecule has 23 heavy (non-hydrogen) atoms. The third kappa shape index (κ3) is 3.18. The van der Waals surface area contributed by atoms with E-state index in [0.29, 0.717) is 29.5 Å². The van der Waals surface area contributed by atoms with Crippen LogP contribution < -0.4 is 19.7 Å². The van der Waals surface area contributed by atoms with Crippen molar-refractivity contribution in [1.82, 2.24) is 15.3 Å². The molecule has 0 fully saturated rings. The van der Waals surface area contributed by atoms with Crippen molar-refractivity contribution in [3.8, 4) is 11.5 Å². The van der Waals surface area contributed by atoms with Crippen molar-refractivity contribution in [1.29, 1.82) is 0 Å². The molecule has 2 aromatic rings. The largest absolute Gasteiger partial charge is 0.454 e. The zero-order valence-electron chi connectivity index (χ0n) is 13.3. The summed E-state index contributed by atoms with van der Waals surface area (Å²) < 4.78 is 10.6. The molecule has 0 bridgehead atoms. The van der Waals surface area contributed by atoms with Gasteiger partial charge in [-0.15, -0.1) is 0 Å². The number of rotatable bonds is 4. The summed E-state index contributed by atoms with van der Waals surface area (Å²) in [6, 6.07) is 5.59. The number of aromatic nitrogens is 2. The van der Waals surface area contributed by atoms with Crippen LogP contribution in [0.15, 0.2) is 24.4 Å². The Labute approximate surface area is 134 Å². The first-order chi connectivity index (χ1) is 11.0. The van der Waals surface area contributed by atoms with E-state index < -0.39 is 0 Å². The molecule has 1 aromatic carbocycles. The van der Waals surface area contributed by atoms with Crippen LogP contribution in [-0.2, 0) is 6.54 Å². The summed E-state index contributed by atoms with van der Waals surface area (Å²) in [5.74, 6) is 1.80. The normalized spacial score (nSPS) is 12.1. The molecule has 0 atom stereocenters. The first kappa shape index (κ1) is 15.1. The number of hydrogen-bond donors (Lipinski definition) is 1. The van der Waals surface area contributed by atoms with Crippen molar-refractivity contribution in [3.63, 3.8) is 0 Å². The SMILES string of the molecule is Cc1nc(N(C)C)ncc1C(=O)NCc1ccc2c(c1)OCO2. The average molecular weight is 314 g/mol. The van der Waals surface area contributed by atoms with Gasteiger partial charge >= 0.3 is 0 Å². The Morgan fingerprint density at radius 1 is 1.30 bits per heavy atom. The molecule has 0 radical (unpaired) electrons. The Balaban J connectivity index is 1.67.